The number of hydroxylamine groups is 1. The third kappa shape index (κ3) is 4.12. The van der Waals surface area contributed by atoms with Gasteiger partial charge in [-0.1, -0.05) is 42.5 Å². The van der Waals surface area contributed by atoms with Crippen LogP contribution in [0.5, 0.6) is 5.75 Å². The first-order chi connectivity index (χ1) is 13.5. The molecule has 0 bridgehead atoms. The van der Waals surface area contributed by atoms with Crippen LogP contribution in [0.2, 0.25) is 0 Å². The number of benzene rings is 2. The van der Waals surface area contributed by atoms with Crippen molar-refractivity contribution in [2.45, 2.75) is 25.0 Å². The molecule has 3 amide bonds. The van der Waals surface area contributed by atoms with Crippen molar-refractivity contribution >= 4 is 17.9 Å². The number of carbonyl (C=O) groups excluding carboxylic acids is 2. The number of carbonyl (C=O) groups is 3. The molecule has 2 atom stereocenters. The molecule has 28 heavy (non-hydrogen) atoms. The second kappa shape index (κ2) is 8.53. The van der Waals surface area contributed by atoms with Crippen LogP contribution in [0.25, 0.3) is 0 Å². The minimum atomic E-state index is -1.47. The molecule has 1 saturated heterocycles. The van der Waals surface area contributed by atoms with Crippen molar-refractivity contribution in [2.24, 2.45) is 0 Å². The zero-order valence-electron chi connectivity index (χ0n) is 15.2. The van der Waals surface area contributed by atoms with Gasteiger partial charge in [0.25, 0.3) is 5.91 Å². The summed E-state index contributed by atoms with van der Waals surface area (Å²) in [6, 6.07) is 14.8. The van der Waals surface area contributed by atoms with E-state index in [2.05, 4.69) is 5.48 Å². The summed E-state index contributed by atoms with van der Waals surface area (Å²) in [6.45, 7) is 0.127. The number of methoxy groups -OCH3 is 1. The summed E-state index contributed by atoms with van der Waals surface area (Å²) in [5, 5.41) is 9.42. The van der Waals surface area contributed by atoms with E-state index in [1.165, 1.54) is 7.11 Å². The molecule has 0 unspecified atom stereocenters. The molecule has 0 spiro atoms. The number of imide groups is 1. The highest BCUT2D eigenvalue weighted by Gasteiger charge is 2.47. The minimum absolute atomic E-state index is 0.0397. The molecule has 0 saturated carbocycles. The maximum Gasteiger partial charge on any atom is 0.414 e. The quantitative estimate of drug-likeness (QED) is 0.741. The summed E-state index contributed by atoms with van der Waals surface area (Å²) in [7, 11) is 1.53. The number of amides is 3. The lowest BCUT2D eigenvalue weighted by Crippen LogP contribution is -2.47. The van der Waals surface area contributed by atoms with Gasteiger partial charge in [0.1, 0.15) is 11.8 Å². The molecule has 0 aromatic heterocycles. The molecule has 2 aromatic rings. The summed E-state index contributed by atoms with van der Waals surface area (Å²) in [4.78, 5) is 42.4. The van der Waals surface area contributed by atoms with Crippen LogP contribution in [0.4, 0.5) is 4.79 Å². The van der Waals surface area contributed by atoms with Crippen LogP contribution < -0.4 is 10.2 Å². The molecule has 8 heteroatoms. The fraction of sp³-hybridized carbons (Fsp3) is 0.250. The zero-order valence-corrected chi connectivity index (χ0v) is 15.2. The fourth-order valence-electron chi connectivity index (χ4n) is 3.15. The van der Waals surface area contributed by atoms with Gasteiger partial charge in [-0.15, -0.1) is 0 Å². The molecule has 1 heterocycles. The number of carboxylic acid groups (broad SMARTS) is 1. The van der Waals surface area contributed by atoms with E-state index in [1.807, 2.05) is 30.3 Å². The lowest BCUT2D eigenvalue weighted by molar-refractivity contribution is -0.142. The zero-order chi connectivity index (χ0) is 20.1. The predicted molar refractivity (Wildman–Crippen MR) is 98.4 cm³/mol. The first-order valence-electron chi connectivity index (χ1n) is 8.66. The van der Waals surface area contributed by atoms with Gasteiger partial charge in [-0.25, -0.2) is 15.2 Å². The predicted octanol–water partition coefficient (Wildman–Crippen LogP) is 2.31. The largest absolute Gasteiger partial charge is 0.497 e. The Morgan fingerprint density at radius 3 is 2.43 bits per heavy atom. The third-order valence-electron chi connectivity index (χ3n) is 4.59. The lowest BCUT2D eigenvalue weighted by Gasteiger charge is -2.18. The average molecular weight is 384 g/mol. The van der Waals surface area contributed by atoms with Gasteiger partial charge < -0.3 is 9.84 Å². The van der Waals surface area contributed by atoms with Gasteiger partial charge in [-0.2, -0.15) is 0 Å². The third-order valence-corrected chi connectivity index (χ3v) is 4.59. The van der Waals surface area contributed by atoms with Crippen molar-refractivity contribution in [3.8, 4) is 5.75 Å². The van der Waals surface area contributed by atoms with Crippen LogP contribution in [0.1, 0.15) is 23.5 Å². The summed E-state index contributed by atoms with van der Waals surface area (Å²) in [6.07, 6.45) is -1.43. The number of rotatable bonds is 6. The molecular formula is C20H20N2O6. The number of likely N-dealkylation sites (tertiary alicyclic amines) is 1. The van der Waals surface area contributed by atoms with Crippen LogP contribution in [0.3, 0.4) is 0 Å². The Morgan fingerprint density at radius 1 is 1.14 bits per heavy atom. The Kier molecular flexibility index (Phi) is 5.90. The Labute approximate surface area is 161 Å². The standard InChI is InChI=1S/C20H20N2O6/c1-27-15-9-7-14(8-10-15)16-11-17(22(19(16)24)20(25)26)18(23)21-28-12-13-5-3-2-4-6-13/h2-10,16-17H,11-12H2,1H3,(H,21,23)(H,25,26)/t16-,17+/m0/s1. The second-order valence-electron chi connectivity index (χ2n) is 6.31. The molecule has 3 rings (SSSR count). The fourth-order valence-corrected chi connectivity index (χ4v) is 3.15. The normalized spacial score (nSPS) is 18.8. The Hall–Kier alpha value is -3.39. The molecule has 1 fully saturated rings. The number of hydrogen-bond acceptors (Lipinski definition) is 5. The summed E-state index contributed by atoms with van der Waals surface area (Å²) in [5.74, 6) is -1.43. The van der Waals surface area contributed by atoms with Crippen LogP contribution in [0, 0.1) is 0 Å². The van der Waals surface area contributed by atoms with Crippen molar-refractivity contribution in [3.05, 3.63) is 65.7 Å². The Morgan fingerprint density at radius 2 is 1.82 bits per heavy atom. The van der Waals surface area contributed by atoms with Crippen molar-refractivity contribution in [3.63, 3.8) is 0 Å². The minimum Gasteiger partial charge on any atom is -0.497 e. The van der Waals surface area contributed by atoms with E-state index in [0.29, 0.717) is 16.2 Å². The first-order valence-corrected chi connectivity index (χ1v) is 8.66. The van der Waals surface area contributed by atoms with E-state index in [0.717, 1.165) is 5.56 Å². The smallest absolute Gasteiger partial charge is 0.414 e. The van der Waals surface area contributed by atoms with Gasteiger partial charge in [0, 0.05) is 0 Å². The number of nitrogens with zero attached hydrogens (tertiary/aromatic N) is 1. The molecule has 146 valence electrons. The summed E-state index contributed by atoms with van der Waals surface area (Å²) in [5.41, 5.74) is 3.72. The van der Waals surface area contributed by atoms with E-state index in [-0.39, 0.29) is 13.0 Å². The molecule has 0 aliphatic carbocycles. The molecule has 8 nitrogen and oxygen atoms in total. The number of hydrogen-bond donors (Lipinski definition) is 2. The van der Waals surface area contributed by atoms with Crippen LogP contribution in [0.15, 0.2) is 54.6 Å². The van der Waals surface area contributed by atoms with Gasteiger partial charge in [-0.3, -0.25) is 14.4 Å². The SMILES string of the molecule is COc1ccc([C@@H]2C[C@H](C(=O)NOCc3ccccc3)N(C(=O)O)C2=O)cc1. The lowest BCUT2D eigenvalue weighted by atomic mass is 9.95. The van der Waals surface area contributed by atoms with Crippen molar-refractivity contribution in [2.75, 3.05) is 7.11 Å². The molecule has 0 radical (unpaired) electrons. The maximum atomic E-state index is 12.6. The van der Waals surface area contributed by atoms with Crippen molar-refractivity contribution in [1.82, 2.24) is 10.4 Å². The number of nitrogens with one attached hydrogen (secondary N) is 1. The highest BCUT2D eigenvalue weighted by atomic mass is 16.7. The van der Waals surface area contributed by atoms with E-state index < -0.39 is 29.9 Å². The summed E-state index contributed by atoms with van der Waals surface area (Å²) < 4.78 is 5.09. The van der Waals surface area contributed by atoms with Gasteiger partial charge in [0.05, 0.1) is 19.6 Å². The van der Waals surface area contributed by atoms with E-state index in [9.17, 15) is 19.5 Å². The van der Waals surface area contributed by atoms with Gasteiger partial charge >= 0.3 is 6.09 Å². The highest BCUT2D eigenvalue weighted by molar-refractivity contribution is 6.03. The van der Waals surface area contributed by atoms with E-state index in [1.54, 1.807) is 24.3 Å². The van der Waals surface area contributed by atoms with Crippen LogP contribution in [-0.4, -0.2) is 41.1 Å². The first kappa shape index (κ1) is 19.4. The topological polar surface area (TPSA) is 105 Å². The van der Waals surface area contributed by atoms with Crippen LogP contribution >= 0.6 is 0 Å². The molecule has 1 aliphatic heterocycles. The average Bonchev–Trinajstić information content (AvgIpc) is 3.06. The number of ether oxygens (including phenoxy) is 1. The Balaban J connectivity index is 1.68. The highest BCUT2D eigenvalue weighted by Crippen LogP contribution is 2.34. The van der Waals surface area contributed by atoms with E-state index in [4.69, 9.17) is 9.57 Å². The van der Waals surface area contributed by atoms with Gasteiger partial charge in [-0.05, 0) is 29.7 Å². The molecule has 2 aromatic carbocycles. The van der Waals surface area contributed by atoms with Crippen molar-refractivity contribution < 1.29 is 29.1 Å². The van der Waals surface area contributed by atoms with Gasteiger partial charge in [0.2, 0.25) is 5.91 Å². The second-order valence-corrected chi connectivity index (χ2v) is 6.31. The van der Waals surface area contributed by atoms with E-state index >= 15 is 0 Å². The van der Waals surface area contributed by atoms with Gasteiger partial charge in [0.15, 0.2) is 0 Å². The maximum absolute atomic E-state index is 12.6. The molecule has 2 N–H and O–H groups in total. The Bertz CT molecular complexity index is 853. The van der Waals surface area contributed by atoms with Crippen molar-refractivity contribution in [1.29, 1.82) is 0 Å². The molecule has 1 aliphatic rings. The monoisotopic (exact) mass is 384 g/mol. The summed E-state index contributed by atoms with van der Waals surface area (Å²) >= 11 is 0. The molecular weight excluding hydrogens is 364 g/mol. The van der Waals surface area contributed by atoms with Crippen LogP contribution in [-0.2, 0) is 21.0 Å².